The average molecular weight is 422 g/mol. The normalized spacial score (nSPS) is 26.0. The Hall–Kier alpha value is -2.47. The van der Waals surface area contributed by atoms with Crippen LogP contribution in [0.3, 0.4) is 0 Å². The van der Waals surface area contributed by atoms with Gasteiger partial charge in [0.1, 0.15) is 10.9 Å². The fourth-order valence-electron chi connectivity index (χ4n) is 4.97. The Balaban J connectivity index is 1.31. The van der Waals surface area contributed by atoms with E-state index >= 15 is 0 Å². The molecule has 2 atom stereocenters. The van der Waals surface area contributed by atoms with Crippen molar-refractivity contribution in [2.24, 2.45) is 0 Å². The van der Waals surface area contributed by atoms with Gasteiger partial charge in [0, 0.05) is 36.6 Å². The van der Waals surface area contributed by atoms with Crippen LogP contribution in [0.25, 0.3) is 0 Å². The number of hydrogen-bond acceptors (Lipinski definition) is 4. The van der Waals surface area contributed by atoms with Crippen molar-refractivity contribution < 1.29 is 9.59 Å². The van der Waals surface area contributed by atoms with E-state index in [4.69, 9.17) is 0 Å². The number of piperidine rings is 1. The third-order valence-corrected chi connectivity index (χ3v) is 8.11. The van der Waals surface area contributed by atoms with Crippen LogP contribution in [0, 0.1) is 0 Å². The maximum absolute atomic E-state index is 13.1. The molecule has 0 aliphatic carbocycles. The molecule has 2 amide bonds. The van der Waals surface area contributed by atoms with Gasteiger partial charge in [0.25, 0.3) is 0 Å². The molecule has 3 saturated heterocycles. The fourth-order valence-corrected chi connectivity index (χ4v) is 6.62. The molecule has 0 bridgehead atoms. The molecular weight excluding hydrogens is 394 g/mol. The van der Waals surface area contributed by atoms with Gasteiger partial charge in [-0.15, -0.1) is 11.8 Å². The summed E-state index contributed by atoms with van der Waals surface area (Å²) in [6.45, 7) is 2.20. The second kappa shape index (κ2) is 7.99. The Morgan fingerprint density at radius 2 is 1.73 bits per heavy atom. The lowest BCUT2D eigenvalue weighted by Crippen LogP contribution is -2.48. The number of anilines is 2. The summed E-state index contributed by atoms with van der Waals surface area (Å²) in [5.74, 6) is 0.601. The molecule has 0 radical (unpaired) electrons. The number of nitrogens with one attached hydrogen (secondary N) is 1. The minimum atomic E-state index is -0.438. The van der Waals surface area contributed by atoms with Crippen molar-refractivity contribution in [3.63, 3.8) is 0 Å². The first-order chi connectivity index (χ1) is 14.7. The lowest BCUT2D eigenvalue weighted by Gasteiger charge is -2.34. The number of nitrogens with zero attached hydrogens (tertiary/aromatic N) is 2. The van der Waals surface area contributed by atoms with Crippen molar-refractivity contribution in [3.05, 3.63) is 60.2 Å². The average Bonchev–Trinajstić information content (AvgIpc) is 3.35. The number of thioether (sulfide) groups is 1. The molecule has 3 aliphatic heterocycles. The Morgan fingerprint density at radius 3 is 2.47 bits per heavy atom. The van der Waals surface area contributed by atoms with Crippen LogP contribution < -0.4 is 10.2 Å². The molecule has 3 aliphatic rings. The minimum Gasteiger partial charge on any atom is -0.372 e. The van der Waals surface area contributed by atoms with E-state index in [0.717, 1.165) is 30.8 Å². The Bertz CT molecular complexity index is 927. The van der Waals surface area contributed by atoms with E-state index in [1.54, 1.807) is 11.8 Å². The fraction of sp³-hybridized carbons (Fsp3) is 0.417. The lowest BCUT2D eigenvalue weighted by molar-refractivity contribution is -0.136. The molecule has 3 heterocycles. The molecule has 0 saturated carbocycles. The molecule has 2 aromatic carbocycles. The SMILES string of the molecule is O=C(Nc1ccc(N2CCCCC2)cc1)[C@@H]1CS[C@]2(c3ccccc3)CCC(=O)N12. The summed E-state index contributed by atoms with van der Waals surface area (Å²) in [7, 11) is 0. The second-order valence-corrected chi connectivity index (χ2v) is 9.62. The molecule has 2 aromatic rings. The predicted octanol–water partition coefficient (Wildman–Crippen LogP) is 4.21. The van der Waals surface area contributed by atoms with Crippen LogP contribution in [0.4, 0.5) is 11.4 Å². The predicted molar refractivity (Wildman–Crippen MR) is 122 cm³/mol. The number of fused-ring (bicyclic) bond motifs is 1. The van der Waals surface area contributed by atoms with E-state index in [1.165, 1.54) is 24.9 Å². The van der Waals surface area contributed by atoms with Gasteiger partial charge in [-0.1, -0.05) is 30.3 Å². The second-order valence-electron chi connectivity index (χ2n) is 8.32. The van der Waals surface area contributed by atoms with Crippen molar-refractivity contribution in [2.75, 3.05) is 29.1 Å². The van der Waals surface area contributed by atoms with Crippen LogP contribution in [-0.4, -0.2) is 41.6 Å². The smallest absolute Gasteiger partial charge is 0.248 e. The van der Waals surface area contributed by atoms with Crippen molar-refractivity contribution in [1.29, 1.82) is 0 Å². The highest BCUT2D eigenvalue weighted by Crippen LogP contribution is 2.54. The standard InChI is InChI=1S/C24H27N3O2S/c28-22-13-14-24(18-7-3-1-4-8-18)27(22)21(17-30-24)23(29)25-19-9-11-20(12-10-19)26-15-5-2-6-16-26/h1,3-4,7-12,21H,2,5-6,13-17H2,(H,25,29)/t21-,24-/m0/s1. The molecule has 3 fully saturated rings. The van der Waals surface area contributed by atoms with Crippen LogP contribution in [0.15, 0.2) is 54.6 Å². The van der Waals surface area contributed by atoms with Crippen molar-refractivity contribution in [2.45, 2.75) is 43.0 Å². The summed E-state index contributed by atoms with van der Waals surface area (Å²) in [5, 5.41) is 3.05. The van der Waals surface area contributed by atoms with Gasteiger partial charge in [-0.25, -0.2) is 0 Å². The van der Waals surface area contributed by atoms with Gasteiger partial charge in [-0.3, -0.25) is 9.59 Å². The molecule has 5 rings (SSSR count). The van der Waals surface area contributed by atoms with Crippen LogP contribution in [0.1, 0.15) is 37.7 Å². The number of carbonyl (C=O) groups excluding carboxylic acids is 2. The number of benzene rings is 2. The van der Waals surface area contributed by atoms with Crippen LogP contribution in [-0.2, 0) is 14.5 Å². The summed E-state index contributed by atoms with van der Waals surface area (Å²) in [6.07, 6.45) is 5.05. The van der Waals surface area contributed by atoms with E-state index in [1.807, 2.05) is 35.2 Å². The summed E-state index contributed by atoms with van der Waals surface area (Å²) in [6, 6.07) is 17.8. The third kappa shape index (κ3) is 3.37. The van der Waals surface area contributed by atoms with Crippen molar-refractivity contribution in [1.82, 2.24) is 4.90 Å². The van der Waals surface area contributed by atoms with Gasteiger partial charge in [0.05, 0.1) is 0 Å². The topological polar surface area (TPSA) is 52.7 Å². The summed E-state index contributed by atoms with van der Waals surface area (Å²) < 4.78 is 0. The first kappa shape index (κ1) is 19.5. The molecule has 156 valence electrons. The summed E-state index contributed by atoms with van der Waals surface area (Å²) in [5.41, 5.74) is 3.11. The quantitative estimate of drug-likeness (QED) is 0.804. The Kier molecular flexibility index (Phi) is 5.19. The highest BCUT2D eigenvalue weighted by Gasteiger charge is 2.56. The molecule has 6 heteroatoms. The molecule has 0 aromatic heterocycles. The van der Waals surface area contributed by atoms with E-state index in [2.05, 4.69) is 34.5 Å². The highest BCUT2D eigenvalue weighted by atomic mass is 32.2. The number of amides is 2. The van der Waals surface area contributed by atoms with E-state index in [9.17, 15) is 9.59 Å². The third-order valence-electron chi connectivity index (χ3n) is 6.51. The zero-order valence-corrected chi connectivity index (χ0v) is 17.9. The molecule has 0 unspecified atom stereocenters. The zero-order valence-electron chi connectivity index (χ0n) is 17.0. The molecule has 30 heavy (non-hydrogen) atoms. The van der Waals surface area contributed by atoms with Crippen LogP contribution in [0.5, 0.6) is 0 Å². The van der Waals surface area contributed by atoms with Gasteiger partial charge in [0.2, 0.25) is 11.8 Å². The lowest BCUT2D eigenvalue weighted by atomic mass is 10.0. The minimum absolute atomic E-state index is 0.0736. The van der Waals surface area contributed by atoms with Gasteiger partial charge in [-0.2, -0.15) is 0 Å². The van der Waals surface area contributed by atoms with Crippen LogP contribution in [0.2, 0.25) is 0 Å². The van der Waals surface area contributed by atoms with Crippen LogP contribution >= 0.6 is 11.8 Å². The Labute approximate surface area is 181 Å². The largest absolute Gasteiger partial charge is 0.372 e. The van der Waals surface area contributed by atoms with Crippen molar-refractivity contribution >= 4 is 35.0 Å². The van der Waals surface area contributed by atoms with E-state index < -0.39 is 10.9 Å². The zero-order chi connectivity index (χ0) is 20.6. The van der Waals surface area contributed by atoms with Crippen molar-refractivity contribution in [3.8, 4) is 0 Å². The number of rotatable bonds is 4. The summed E-state index contributed by atoms with van der Waals surface area (Å²) in [4.78, 5) is 29.7. The first-order valence-electron chi connectivity index (χ1n) is 10.8. The highest BCUT2D eigenvalue weighted by molar-refractivity contribution is 8.00. The Morgan fingerprint density at radius 1 is 1.00 bits per heavy atom. The maximum Gasteiger partial charge on any atom is 0.248 e. The molecule has 1 N–H and O–H groups in total. The van der Waals surface area contributed by atoms with Gasteiger partial charge >= 0.3 is 0 Å². The van der Waals surface area contributed by atoms with E-state index in [-0.39, 0.29) is 11.8 Å². The van der Waals surface area contributed by atoms with Gasteiger partial charge < -0.3 is 15.1 Å². The number of carbonyl (C=O) groups is 2. The molecule has 0 spiro atoms. The molecule has 5 nitrogen and oxygen atoms in total. The maximum atomic E-state index is 13.1. The first-order valence-corrected chi connectivity index (χ1v) is 11.8. The summed E-state index contributed by atoms with van der Waals surface area (Å²) >= 11 is 1.72. The van der Waals surface area contributed by atoms with Gasteiger partial charge in [0.15, 0.2) is 0 Å². The monoisotopic (exact) mass is 421 g/mol. The molecular formula is C24H27N3O2S. The van der Waals surface area contributed by atoms with Gasteiger partial charge in [-0.05, 0) is 55.5 Å². The van der Waals surface area contributed by atoms with E-state index in [0.29, 0.717) is 12.2 Å². The number of hydrogen-bond donors (Lipinski definition) is 1.